The van der Waals surface area contributed by atoms with Crippen LogP contribution in [0.1, 0.15) is 18.5 Å². The maximum Gasteiger partial charge on any atom is 0.329 e. The Kier molecular flexibility index (Phi) is 4.87. The molecule has 1 N–H and O–H groups in total. The highest BCUT2D eigenvalue weighted by atomic mass is 35.5. The van der Waals surface area contributed by atoms with Gasteiger partial charge in [-0.2, -0.15) is 0 Å². The van der Waals surface area contributed by atoms with E-state index in [1.165, 1.54) is 11.5 Å². The zero-order valence-corrected chi connectivity index (χ0v) is 11.3. The van der Waals surface area contributed by atoms with Gasteiger partial charge in [0.05, 0.1) is 6.10 Å². The Balaban J connectivity index is 1.73. The van der Waals surface area contributed by atoms with Gasteiger partial charge in [-0.15, -0.1) is 5.10 Å². The number of carboxylic acid groups (broad SMARTS) is 1. The van der Waals surface area contributed by atoms with E-state index in [2.05, 4.69) is 14.5 Å². The molecule has 18 heavy (non-hydrogen) atoms. The van der Waals surface area contributed by atoms with Crippen molar-refractivity contribution in [1.82, 2.24) is 14.5 Å². The Hall–Kier alpha value is -0.760. The van der Waals surface area contributed by atoms with E-state index in [1.807, 2.05) is 0 Å². The van der Waals surface area contributed by atoms with E-state index < -0.39 is 5.97 Å². The minimum Gasteiger partial charge on any atom is -0.480 e. The van der Waals surface area contributed by atoms with Crippen molar-refractivity contribution in [3.8, 4) is 0 Å². The molecule has 0 bridgehead atoms. The number of carbonyl (C=O) groups is 1. The monoisotopic (exact) mass is 291 g/mol. The number of hydrogen-bond acceptors (Lipinski definition) is 6. The molecule has 0 atom stereocenters. The van der Waals surface area contributed by atoms with Crippen LogP contribution in [-0.4, -0.2) is 51.4 Å². The van der Waals surface area contributed by atoms with E-state index in [0.717, 1.165) is 31.6 Å². The number of likely N-dealkylation sites (tertiary alicyclic amines) is 1. The number of aliphatic carboxylic acids is 1. The normalized spacial score (nSPS) is 18.1. The van der Waals surface area contributed by atoms with Gasteiger partial charge >= 0.3 is 5.97 Å². The number of rotatable bonds is 5. The molecule has 1 aromatic rings. The molecule has 0 aromatic carbocycles. The Morgan fingerprint density at radius 3 is 2.83 bits per heavy atom. The molecule has 1 aliphatic rings. The highest BCUT2D eigenvalue weighted by molar-refractivity contribution is 7.10. The minimum atomic E-state index is -0.919. The van der Waals surface area contributed by atoms with Gasteiger partial charge in [0.1, 0.15) is 16.6 Å². The Bertz CT molecular complexity index is 407. The zero-order chi connectivity index (χ0) is 13.0. The summed E-state index contributed by atoms with van der Waals surface area (Å²) in [5.41, 5.74) is 0.812. The summed E-state index contributed by atoms with van der Waals surface area (Å²) >= 11 is 7.14. The summed E-state index contributed by atoms with van der Waals surface area (Å²) in [5, 5.41) is 12.5. The average molecular weight is 292 g/mol. The molecule has 2 heterocycles. The molecule has 6 nitrogen and oxygen atoms in total. The maximum atomic E-state index is 10.4. The van der Waals surface area contributed by atoms with Gasteiger partial charge in [-0.1, -0.05) is 16.1 Å². The zero-order valence-electron chi connectivity index (χ0n) is 9.71. The number of aromatic nitrogens is 2. The predicted octanol–water partition coefficient (Wildman–Crippen LogP) is 1.26. The largest absolute Gasteiger partial charge is 0.480 e. The third-order valence-electron chi connectivity index (χ3n) is 2.86. The first-order valence-electron chi connectivity index (χ1n) is 5.67. The number of hydrogen-bond donors (Lipinski definition) is 1. The number of piperidine rings is 1. The van der Waals surface area contributed by atoms with Gasteiger partial charge in [0.15, 0.2) is 0 Å². The maximum absolute atomic E-state index is 10.4. The van der Waals surface area contributed by atoms with E-state index in [1.54, 1.807) is 0 Å². The topological polar surface area (TPSA) is 75.6 Å². The highest BCUT2D eigenvalue weighted by Gasteiger charge is 2.21. The fourth-order valence-corrected chi connectivity index (χ4v) is 2.54. The van der Waals surface area contributed by atoms with Gasteiger partial charge in [0.25, 0.3) is 0 Å². The standard InChI is InChI=1S/C10H14ClN3O3S/c11-10-8(12-13-18-10)5-14-3-1-7(2-4-14)17-6-9(15)16/h7H,1-6H2,(H,15,16). The summed E-state index contributed by atoms with van der Waals surface area (Å²) in [4.78, 5) is 12.6. The highest BCUT2D eigenvalue weighted by Crippen LogP contribution is 2.21. The van der Waals surface area contributed by atoms with Crippen LogP contribution in [0.3, 0.4) is 0 Å². The third-order valence-corrected chi connectivity index (χ3v) is 3.84. The second-order valence-corrected chi connectivity index (χ2v) is 5.53. The molecule has 1 fully saturated rings. The molecular formula is C10H14ClN3O3S. The lowest BCUT2D eigenvalue weighted by Crippen LogP contribution is -2.37. The van der Waals surface area contributed by atoms with Gasteiger partial charge in [0.2, 0.25) is 0 Å². The van der Waals surface area contributed by atoms with E-state index in [4.69, 9.17) is 21.4 Å². The number of carboxylic acids is 1. The van der Waals surface area contributed by atoms with Crippen molar-refractivity contribution in [2.24, 2.45) is 0 Å². The number of halogens is 1. The van der Waals surface area contributed by atoms with E-state index >= 15 is 0 Å². The fraction of sp³-hybridized carbons (Fsp3) is 0.700. The number of nitrogens with zero attached hydrogens (tertiary/aromatic N) is 3. The minimum absolute atomic E-state index is 0.0429. The lowest BCUT2D eigenvalue weighted by molar-refractivity contribution is -0.145. The van der Waals surface area contributed by atoms with E-state index in [0.29, 0.717) is 10.9 Å². The molecular weight excluding hydrogens is 278 g/mol. The van der Waals surface area contributed by atoms with Crippen LogP contribution in [-0.2, 0) is 16.1 Å². The van der Waals surface area contributed by atoms with Crippen molar-refractivity contribution in [3.63, 3.8) is 0 Å². The van der Waals surface area contributed by atoms with Gasteiger partial charge in [-0.3, -0.25) is 4.90 Å². The first kappa shape index (κ1) is 13.7. The summed E-state index contributed by atoms with van der Waals surface area (Å²) in [6.45, 7) is 2.20. The van der Waals surface area contributed by atoms with Crippen LogP contribution < -0.4 is 0 Å². The Labute approximate surface area is 114 Å². The first-order chi connectivity index (χ1) is 8.65. The molecule has 0 spiro atoms. The molecule has 0 amide bonds. The lowest BCUT2D eigenvalue weighted by atomic mass is 10.1. The molecule has 1 saturated heterocycles. The Morgan fingerprint density at radius 1 is 1.56 bits per heavy atom. The quantitative estimate of drug-likeness (QED) is 0.880. The summed E-state index contributed by atoms with van der Waals surface area (Å²) in [5.74, 6) is -0.919. The van der Waals surface area contributed by atoms with Gasteiger partial charge in [-0.25, -0.2) is 4.79 Å². The van der Waals surface area contributed by atoms with Crippen molar-refractivity contribution in [3.05, 3.63) is 10.0 Å². The van der Waals surface area contributed by atoms with Gasteiger partial charge in [-0.05, 0) is 12.8 Å². The third kappa shape index (κ3) is 3.88. The molecule has 2 rings (SSSR count). The van der Waals surface area contributed by atoms with Crippen LogP contribution in [0.4, 0.5) is 0 Å². The van der Waals surface area contributed by atoms with Crippen molar-refractivity contribution >= 4 is 29.1 Å². The average Bonchev–Trinajstić information content (AvgIpc) is 2.74. The first-order valence-corrected chi connectivity index (χ1v) is 6.83. The van der Waals surface area contributed by atoms with Crippen LogP contribution >= 0.6 is 23.1 Å². The van der Waals surface area contributed by atoms with Crippen LogP contribution in [0, 0.1) is 0 Å². The molecule has 1 aromatic heterocycles. The fourth-order valence-electron chi connectivity index (χ4n) is 1.93. The summed E-state index contributed by atoms with van der Waals surface area (Å²) in [6, 6.07) is 0. The number of ether oxygens (including phenoxy) is 1. The van der Waals surface area contributed by atoms with Crippen molar-refractivity contribution in [2.75, 3.05) is 19.7 Å². The molecule has 8 heteroatoms. The van der Waals surface area contributed by atoms with Crippen molar-refractivity contribution in [1.29, 1.82) is 0 Å². The molecule has 0 unspecified atom stereocenters. The SMILES string of the molecule is O=C(O)COC1CCN(Cc2nnsc2Cl)CC1. The van der Waals surface area contributed by atoms with Gasteiger partial charge < -0.3 is 9.84 Å². The molecule has 0 saturated carbocycles. The van der Waals surface area contributed by atoms with Crippen LogP contribution in [0.25, 0.3) is 0 Å². The van der Waals surface area contributed by atoms with Gasteiger partial charge in [0, 0.05) is 31.2 Å². The molecule has 0 aliphatic carbocycles. The lowest BCUT2D eigenvalue weighted by Gasteiger charge is -2.30. The molecule has 1 aliphatic heterocycles. The van der Waals surface area contributed by atoms with E-state index in [9.17, 15) is 4.79 Å². The predicted molar refractivity (Wildman–Crippen MR) is 66.8 cm³/mol. The van der Waals surface area contributed by atoms with Crippen LogP contribution in [0.15, 0.2) is 0 Å². The summed E-state index contributed by atoms with van der Waals surface area (Å²) in [6.07, 6.45) is 1.71. The second kappa shape index (κ2) is 6.42. The Morgan fingerprint density at radius 2 is 2.28 bits per heavy atom. The van der Waals surface area contributed by atoms with Crippen LogP contribution in [0.5, 0.6) is 0 Å². The van der Waals surface area contributed by atoms with Crippen molar-refractivity contribution < 1.29 is 14.6 Å². The smallest absolute Gasteiger partial charge is 0.329 e. The van der Waals surface area contributed by atoms with Crippen LogP contribution in [0.2, 0.25) is 4.34 Å². The van der Waals surface area contributed by atoms with E-state index in [-0.39, 0.29) is 12.7 Å². The van der Waals surface area contributed by atoms with Crippen molar-refractivity contribution in [2.45, 2.75) is 25.5 Å². The molecule has 100 valence electrons. The molecule has 0 radical (unpaired) electrons. The summed E-state index contributed by atoms with van der Waals surface area (Å²) in [7, 11) is 0. The second-order valence-electron chi connectivity index (χ2n) is 4.17. The summed E-state index contributed by atoms with van der Waals surface area (Å²) < 4.78 is 9.71.